The minimum atomic E-state index is -0.572. The van der Waals surface area contributed by atoms with Gasteiger partial charge in [-0.1, -0.05) is 25.1 Å². The van der Waals surface area contributed by atoms with E-state index in [1.54, 1.807) is 4.90 Å². The van der Waals surface area contributed by atoms with E-state index < -0.39 is 6.04 Å². The average molecular weight is 384 g/mol. The molecule has 3 aliphatic heterocycles. The number of nitrogens with two attached hydrogens (primary N) is 1. The summed E-state index contributed by atoms with van der Waals surface area (Å²) in [6.45, 7) is 4.97. The van der Waals surface area contributed by atoms with Crippen LogP contribution in [-0.4, -0.2) is 52.7 Å². The maximum Gasteiger partial charge on any atom is 0.255 e. The standard InChI is InChI=1S/C21H28N4O3/c1-13-4-3-9-24(17(13)10-22)11-14-5-2-6-15-12-25(21(28)19(14)15)16-7-8-18(26)23-20(16)27/h2,5-6,13,16-17H,3-4,7-12,22H2,1H3,(H,23,26,27). The van der Waals surface area contributed by atoms with Crippen molar-refractivity contribution < 1.29 is 14.4 Å². The summed E-state index contributed by atoms with van der Waals surface area (Å²) in [5, 5.41) is 2.36. The van der Waals surface area contributed by atoms with Crippen LogP contribution in [0.1, 0.15) is 54.1 Å². The zero-order valence-electron chi connectivity index (χ0n) is 16.3. The van der Waals surface area contributed by atoms with Gasteiger partial charge in [-0.2, -0.15) is 0 Å². The van der Waals surface area contributed by atoms with Crippen molar-refractivity contribution in [3.05, 3.63) is 34.9 Å². The lowest BCUT2D eigenvalue weighted by atomic mass is 9.90. The Morgan fingerprint density at radius 3 is 2.79 bits per heavy atom. The number of likely N-dealkylation sites (tertiary alicyclic amines) is 1. The predicted molar refractivity (Wildman–Crippen MR) is 104 cm³/mol. The molecule has 7 nitrogen and oxygen atoms in total. The second kappa shape index (κ2) is 7.64. The van der Waals surface area contributed by atoms with Crippen LogP contribution in [0, 0.1) is 5.92 Å². The monoisotopic (exact) mass is 384 g/mol. The molecule has 4 rings (SSSR count). The molecule has 150 valence electrons. The number of fused-ring (bicyclic) bond motifs is 1. The number of piperidine rings is 2. The molecule has 2 fully saturated rings. The highest BCUT2D eigenvalue weighted by molar-refractivity contribution is 6.05. The van der Waals surface area contributed by atoms with Crippen molar-refractivity contribution in [2.45, 2.75) is 57.8 Å². The maximum atomic E-state index is 13.2. The summed E-state index contributed by atoms with van der Waals surface area (Å²) in [5.74, 6) is -0.189. The Balaban J connectivity index is 1.57. The highest BCUT2D eigenvalue weighted by Gasteiger charge is 2.40. The van der Waals surface area contributed by atoms with Gasteiger partial charge in [0.1, 0.15) is 6.04 Å². The third-order valence-corrected chi connectivity index (χ3v) is 6.48. The largest absolute Gasteiger partial charge is 0.329 e. The molecule has 3 unspecified atom stereocenters. The summed E-state index contributed by atoms with van der Waals surface area (Å²) in [6.07, 6.45) is 2.99. The highest BCUT2D eigenvalue weighted by Crippen LogP contribution is 2.32. The van der Waals surface area contributed by atoms with E-state index in [0.717, 1.165) is 29.7 Å². The number of amides is 3. The van der Waals surface area contributed by atoms with Crippen LogP contribution in [0.25, 0.3) is 0 Å². The minimum absolute atomic E-state index is 0.102. The third kappa shape index (κ3) is 3.33. The first-order valence-electron chi connectivity index (χ1n) is 10.2. The van der Waals surface area contributed by atoms with Crippen molar-refractivity contribution in [2.75, 3.05) is 13.1 Å². The molecule has 0 saturated carbocycles. The van der Waals surface area contributed by atoms with E-state index >= 15 is 0 Å². The Kier molecular flexibility index (Phi) is 5.21. The van der Waals surface area contributed by atoms with E-state index in [2.05, 4.69) is 17.1 Å². The highest BCUT2D eigenvalue weighted by atomic mass is 16.2. The van der Waals surface area contributed by atoms with Gasteiger partial charge in [0.15, 0.2) is 0 Å². The van der Waals surface area contributed by atoms with Crippen LogP contribution < -0.4 is 11.1 Å². The number of rotatable bonds is 4. The van der Waals surface area contributed by atoms with Crippen LogP contribution >= 0.6 is 0 Å². The molecule has 3 N–H and O–H groups in total. The van der Waals surface area contributed by atoms with Crippen molar-refractivity contribution in [2.24, 2.45) is 11.7 Å². The van der Waals surface area contributed by atoms with Crippen molar-refractivity contribution >= 4 is 17.7 Å². The van der Waals surface area contributed by atoms with E-state index in [1.807, 2.05) is 18.2 Å². The molecule has 3 aliphatic rings. The summed E-state index contributed by atoms with van der Waals surface area (Å²) in [7, 11) is 0. The van der Waals surface area contributed by atoms with E-state index in [9.17, 15) is 14.4 Å². The van der Waals surface area contributed by atoms with Gasteiger partial charge in [-0.3, -0.25) is 24.6 Å². The fraction of sp³-hybridized carbons (Fsp3) is 0.571. The smallest absolute Gasteiger partial charge is 0.255 e. The lowest BCUT2D eigenvalue weighted by molar-refractivity contribution is -0.136. The molecule has 3 atom stereocenters. The van der Waals surface area contributed by atoms with Gasteiger partial charge in [0.25, 0.3) is 5.91 Å². The Labute approximate surface area is 165 Å². The Bertz CT molecular complexity index is 809. The Hall–Kier alpha value is -2.25. The van der Waals surface area contributed by atoms with Crippen LogP contribution in [0.15, 0.2) is 18.2 Å². The number of nitrogens with one attached hydrogen (secondary N) is 1. The molecule has 7 heteroatoms. The minimum Gasteiger partial charge on any atom is -0.329 e. The van der Waals surface area contributed by atoms with Crippen molar-refractivity contribution in [1.82, 2.24) is 15.1 Å². The molecule has 0 aromatic heterocycles. The lowest BCUT2D eigenvalue weighted by Gasteiger charge is -2.39. The summed E-state index contributed by atoms with van der Waals surface area (Å²) in [4.78, 5) is 40.9. The van der Waals surface area contributed by atoms with Crippen molar-refractivity contribution in [3.8, 4) is 0 Å². The Morgan fingerprint density at radius 1 is 1.21 bits per heavy atom. The zero-order valence-corrected chi connectivity index (χ0v) is 16.3. The first kappa shape index (κ1) is 19.1. The molecule has 1 aromatic carbocycles. The van der Waals surface area contributed by atoms with E-state index in [4.69, 9.17) is 5.73 Å². The molecular formula is C21H28N4O3. The number of hydrogen-bond acceptors (Lipinski definition) is 5. The van der Waals surface area contributed by atoms with Gasteiger partial charge in [-0.25, -0.2) is 0 Å². The fourth-order valence-corrected chi connectivity index (χ4v) is 4.95. The van der Waals surface area contributed by atoms with Crippen molar-refractivity contribution in [3.63, 3.8) is 0 Å². The van der Waals surface area contributed by atoms with Gasteiger partial charge in [-0.05, 0) is 42.9 Å². The number of hydrogen-bond donors (Lipinski definition) is 2. The van der Waals surface area contributed by atoms with Gasteiger partial charge >= 0.3 is 0 Å². The third-order valence-electron chi connectivity index (χ3n) is 6.48. The quantitative estimate of drug-likeness (QED) is 0.756. The predicted octanol–water partition coefficient (Wildman–Crippen LogP) is 1.01. The Morgan fingerprint density at radius 2 is 2.04 bits per heavy atom. The molecule has 28 heavy (non-hydrogen) atoms. The number of nitrogens with zero attached hydrogens (tertiary/aromatic N) is 2. The maximum absolute atomic E-state index is 13.2. The fourth-order valence-electron chi connectivity index (χ4n) is 4.95. The number of benzene rings is 1. The van der Waals surface area contributed by atoms with Crippen LogP contribution in [0.3, 0.4) is 0 Å². The molecule has 2 saturated heterocycles. The summed E-state index contributed by atoms with van der Waals surface area (Å²) in [6, 6.07) is 5.71. The van der Waals surface area contributed by atoms with Crippen molar-refractivity contribution in [1.29, 1.82) is 0 Å². The summed E-state index contributed by atoms with van der Waals surface area (Å²) < 4.78 is 0. The average Bonchev–Trinajstić information content (AvgIpc) is 2.99. The summed E-state index contributed by atoms with van der Waals surface area (Å²) >= 11 is 0. The number of carbonyl (C=O) groups excluding carboxylic acids is 3. The molecule has 3 heterocycles. The second-order valence-electron chi connectivity index (χ2n) is 8.24. The first-order valence-corrected chi connectivity index (χ1v) is 10.2. The van der Waals surface area contributed by atoms with Crippen LogP contribution in [0.4, 0.5) is 0 Å². The van der Waals surface area contributed by atoms with Gasteiger partial charge in [0.05, 0.1) is 0 Å². The second-order valence-corrected chi connectivity index (χ2v) is 8.24. The zero-order chi connectivity index (χ0) is 19.8. The van der Waals surface area contributed by atoms with Gasteiger partial charge in [-0.15, -0.1) is 0 Å². The molecule has 3 amide bonds. The molecule has 0 bridgehead atoms. The number of carbonyl (C=O) groups is 3. The topological polar surface area (TPSA) is 95.7 Å². The summed E-state index contributed by atoms with van der Waals surface area (Å²) in [5.41, 5.74) is 8.72. The van der Waals surface area contributed by atoms with Crippen LogP contribution in [0.5, 0.6) is 0 Å². The molecule has 0 spiro atoms. The SMILES string of the molecule is CC1CCCN(Cc2cccc3c2C(=O)N(C2CCC(=O)NC2=O)C3)C1CN. The normalized spacial score (nSPS) is 28.4. The lowest BCUT2D eigenvalue weighted by Crippen LogP contribution is -2.52. The van der Waals surface area contributed by atoms with E-state index in [1.165, 1.54) is 6.42 Å². The van der Waals surface area contributed by atoms with Gasteiger partial charge in [0.2, 0.25) is 11.8 Å². The van der Waals surface area contributed by atoms with E-state index in [-0.39, 0.29) is 24.1 Å². The number of imide groups is 1. The van der Waals surface area contributed by atoms with Gasteiger partial charge in [0, 0.05) is 37.7 Å². The molecule has 0 radical (unpaired) electrons. The van der Waals surface area contributed by atoms with Gasteiger partial charge < -0.3 is 10.6 Å². The molecular weight excluding hydrogens is 356 g/mol. The van der Waals surface area contributed by atoms with Crippen LogP contribution in [-0.2, 0) is 22.7 Å². The first-order chi connectivity index (χ1) is 13.5. The van der Waals surface area contributed by atoms with Crippen LogP contribution in [0.2, 0.25) is 0 Å². The van der Waals surface area contributed by atoms with E-state index in [0.29, 0.717) is 38.0 Å². The molecule has 1 aromatic rings. The molecule has 0 aliphatic carbocycles.